The van der Waals surface area contributed by atoms with Crippen LogP contribution in [0.4, 0.5) is 5.95 Å². The Kier molecular flexibility index (Phi) is 4.98. The lowest BCUT2D eigenvalue weighted by Crippen LogP contribution is -2.43. The predicted molar refractivity (Wildman–Crippen MR) is 91.3 cm³/mol. The van der Waals surface area contributed by atoms with Gasteiger partial charge in [-0.25, -0.2) is 9.97 Å². The van der Waals surface area contributed by atoms with Crippen LogP contribution >= 0.6 is 0 Å². The zero-order valence-corrected chi connectivity index (χ0v) is 15.0. The average Bonchev–Trinajstić information content (AvgIpc) is 2.94. The number of nitrogens with zero attached hydrogens (tertiary/aromatic N) is 5. The van der Waals surface area contributed by atoms with Crippen LogP contribution in [0, 0.1) is 13.8 Å². The van der Waals surface area contributed by atoms with Crippen LogP contribution in [0.3, 0.4) is 0 Å². The van der Waals surface area contributed by atoms with Gasteiger partial charge in [0, 0.05) is 32.4 Å². The Morgan fingerprint density at radius 2 is 2.20 bits per heavy atom. The predicted octanol–water partition coefficient (Wildman–Crippen LogP) is 1.29. The number of morpholine rings is 1. The number of rotatable bonds is 4. The van der Waals surface area contributed by atoms with E-state index in [9.17, 15) is 4.79 Å². The number of amides is 1. The van der Waals surface area contributed by atoms with E-state index in [1.807, 2.05) is 43.8 Å². The second kappa shape index (κ2) is 7.18. The summed E-state index contributed by atoms with van der Waals surface area (Å²) >= 11 is 0. The van der Waals surface area contributed by atoms with Gasteiger partial charge in [-0.05, 0) is 19.9 Å². The highest BCUT2D eigenvalue weighted by Crippen LogP contribution is 2.23. The molecule has 1 aliphatic rings. The van der Waals surface area contributed by atoms with Crippen LogP contribution in [0.2, 0.25) is 0 Å². The smallest absolute Gasteiger partial charge is 0.227 e. The minimum absolute atomic E-state index is 0.0459. The number of aryl methyl sites for hydroxylation is 2. The van der Waals surface area contributed by atoms with Crippen molar-refractivity contribution in [1.29, 1.82) is 0 Å². The maximum absolute atomic E-state index is 12.7. The summed E-state index contributed by atoms with van der Waals surface area (Å²) in [7, 11) is 3.78. The number of aromatic nitrogens is 3. The molecule has 0 aromatic carbocycles. The summed E-state index contributed by atoms with van der Waals surface area (Å²) in [6, 6.07) is 1.83. The van der Waals surface area contributed by atoms with Crippen molar-refractivity contribution in [3.63, 3.8) is 0 Å². The Hall–Kier alpha value is -2.48. The van der Waals surface area contributed by atoms with Gasteiger partial charge in [-0.3, -0.25) is 4.79 Å². The largest absolute Gasteiger partial charge is 0.368 e. The Morgan fingerprint density at radius 1 is 1.40 bits per heavy atom. The summed E-state index contributed by atoms with van der Waals surface area (Å²) in [5.74, 6) is 1.37. The summed E-state index contributed by atoms with van der Waals surface area (Å²) in [5, 5.41) is 3.91. The summed E-state index contributed by atoms with van der Waals surface area (Å²) < 4.78 is 11.0. The topological polar surface area (TPSA) is 84.6 Å². The molecule has 0 unspecified atom stereocenters. The van der Waals surface area contributed by atoms with Crippen molar-refractivity contribution in [3.8, 4) is 0 Å². The third-order valence-electron chi connectivity index (χ3n) is 4.32. The zero-order chi connectivity index (χ0) is 18.0. The highest BCUT2D eigenvalue weighted by Gasteiger charge is 2.27. The molecule has 1 atom stereocenters. The molecule has 1 aliphatic heterocycles. The van der Waals surface area contributed by atoms with Crippen LogP contribution in [0.15, 0.2) is 16.8 Å². The molecular weight excluding hydrogens is 322 g/mol. The van der Waals surface area contributed by atoms with E-state index in [2.05, 4.69) is 15.1 Å². The Morgan fingerprint density at radius 3 is 2.88 bits per heavy atom. The van der Waals surface area contributed by atoms with Gasteiger partial charge >= 0.3 is 0 Å². The number of anilines is 1. The fourth-order valence-corrected chi connectivity index (χ4v) is 2.83. The Bertz CT molecular complexity index is 739. The molecule has 1 amide bonds. The van der Waals surface area contributed by atoms with E-state index < -0.39 is 0 Å². The average molecular weight is 345 g/mol. The van der Waals surface area contributed by atoms with Crippen molar-refractivity contribution in [2.45, 2.75) is 26.4 Å². The quantitative estimate of drug-likeness (QED) is 0.825. The number of carbonyl (C=O) groups excluding carboxylic acids is 1. The van der Waals surface area contributed by atoms with Crippen LogP contribution < -0.4 is 4.90 Å². The molecule has 0 N–H and O–H groups in total. The first kappa shape index (κ1) is 17.3. The molecule has 25 heavy (non-hydrogen) atoms. The Labute approximate surface area is 146 Å². The zero-order valence-electron chi connectivity index (χ0n) is 15.0. The first-order valence-corrected chi connectivity index (χ1v) is 8.27. The van der Waals surface area contributed by atoms with Gasteiger partial charge in [0.25, 0.3) is 0 Å². The number of hydrogen-bond acceptors (Lipinski definition) is 7. The van der Waals surface area contributed by atoms with Gasteiger partial charge in [-0.15, -0.1) is 0 Å². The van der Waals surface area contributed by atoms with Crippen LogP contribution in [0.5, 0.6) is 0 Å². The molecule has 1 saturated heterocycles. The molecule has 3 rings (SSSR count). The third-order valence-corrected chi connectivity index (χ3v) is 4.32. The lowest BCUT2D eigenvalue weighted by atomic mass is 10.1. The van der Waals surface area contributed by atoms with E-state index in [0.29, 0.717) is 37.8 Å². The van der Waals surface area contributed by atoms with E-state index in [1.54, 1.807) is 6.20 Å². The van der Waals surface area contributed by atoms with Gasteiger partial charge in [0.1, 0.15) is 11.9 Å². The third kappa shape index (κ3) is 3.79. The molecule has 134 valence electrons. The molecule has 3 heterocycles. The molecular formula is C17H23N5O3. The van der Waals surface area contributed by atoms with Gasteiger partial charge in [0.2, 0.25) is 11.9 Å². The van der Waals surface area contributed by atoms with Crippen molar-refractivity contribution < 1.29 is 14.1 Å². The van der Waals surface area contributed by atoms with Crippen molar-refractivity contribution in [2.75, 3.05) is 38.7 Å². The van der Waals surface area contributed by atoms with Crippen LogP contribution in [-0.4, -0.2) is 59.7 Å². The number of ether oxygens (including phenoxy) is 1. The standard InChI is InChI=1S/C17H23N5O3/c1-11-13(12(2)25-20-11)9-16(23)22-7-8-24-15(10-22)14-5-6-18-17(19-14)21(3)4/h5-6,15H,7-10H2,1-4H3/t15-/m0/s1. The maximum atomic E-state index is 12.7. The van der Waals surface area contributed by atoms with Crippen molar-refractivity contribution in [1.82, 2.24) is 20.0 Å². The van der Waals surface area contributed by atoms with Crippen LogP contribution in [0.1, 0.15) is 28.8 Å². The van der Waals surface area contributed by atoms with Crippen molar-refractivity contribution in [2.24, 2.45) is 0 Å². The molecule has 1 fully saturated rings. The highest BCUT2D eigenvalue weighted by atomic mass is 16.5. The maximum Gasteiger partial charge on any atom is 0.227 e. The molecule has 8 heteroatoms. The fraction of sp³-hybridized carbons (Fsp3) is 0.529. The van der Waals surface area contributed by atoms with E-state index in [1.165, 1.54) is 0 Å². The molecule has 8 nitrogen and oxygen atoms in total. The highest BCUT2D eigenvalue weighted by molar-refractivity contribution is 5.79. The van der Waals surface area contributed by atoms with Crippen molar-refractivity contribution >= 4 is 11.9 Å². The lowest BCUT2D eigenvalue weighted by Gasteiger charge is -2.33. The minimum Gasteiger partial charge on any atom is -0.368 e. The van der Waals surface area contributed by atoms with E-state index in [4.69, 9.17) is 9.26 Å². The van der Waals surface area contributed by atoms with Crippen molar-refractivity contribution in [3.05, 3.63) is 35.0 Å². The minimum atomic E-state index is -0.246. The summed E-state index contributed by atoms with van der Waals surface area (Å²) in [5.41, 5.74) is 2.42. The first-order chi connectivity index (χ1) is 12.0. The van der Waals surface area contributed by atoms with Gasteiger partial charge in [0.05, 0.1) is 31.0 Å². The number of carbonyl (C=O) groups is 1. The van der Waals surface area contributed by atoms with Gasteiger partial charge in [0.15, 0.2) is 0 Å². The Balaban J connectivity index is 1.70. The molecule has 2 aromatic rings. The van der Waals surface area contributed by atoms with Crippen LogP contribution in [-0.2, 0) is 16.0 Å². The molecule has 0 radical (unpaired) electrons. The monoisotopic (exact) mass is 345 g/mol. The first-order valence-electron chi connectivity index (χ1n) is 8.27. The second-order valence-electron chi connectivity index (χ2n) is 6.35. The lowest BCUT2D eigenvalue weighted by molar-refractivity contribution is -0.138. The summed E-state index contributed by atoms with van der Waals surface area (Å²) in [6.45, 7) is 5.22. The van der Waals surface area contributed by atoms with E-state index in [0.717, 1.165) is 17.0 Å². The normalized spacial score (nSPS) is 17.6. The molecule has 0 saturated carbocycles. The molecule has 0 aliphatic carbocycles. The summed E-state index contributed by atoms with van der Waals surface area (Å²) in [6.07, 6.45) is 1.76. The molecule has 0 spiro atoms. The second-order valence-corrected chi connectivity index (χ2v) is 6.35. The SMILES string of the molecule is Cc1noc(C)c1CC(=O)N1CCO[C@H](c2ccnc(N(C)C)n2)C1. The summed E-state index contributed by atoms with van der Waals surface area (Å²) in [4.78, 5) is 25.1. The van der Waals surface area contributed by atoms with Gasteiger partial charge < -0.3 is 19.1 Å². The van der Waals surface area contributed by atoms with Gasteiger partial charge in [-0.2, -0.15) is 0 Å². The fourth-order valence-electron chi connectivity index (χ4n) is 2.83. The molecule has 2 aromatic heterocycles. The van der Waals surface area contributed by atoms with Gasteiger partial charge in [-0.1, -0.05) is 5.16 Å². The van der Waals surface area contributed by atoms with Crippen LogP contribution in [0.25, 0.3) is 0 Å². The van der Waals surface area contributed by atoms with E-state index in [-0.39, 0.29) is 12.0 Å². The van der Waals surface area contributed by atoms with E-state index >= 15 is 0 Å². The number of hydrogen-bond donors (Lipinski definition) is 0. The molecule has 0 bridgehead atoms.